The van der Waals surface area contributed by atoms with Gasteiger partial charge in [0, 0.05) is 36.6 Å². The highest BCUT2D eigenvalue weighted by Crippen LogP contribution is 2.46. The lowest BCUT2D eigenvalue weighted by Gasteiger charge is -2.62. The molecule has 0 bridgehead atoms. The Morgan fingerprint density at radius 3 is 2.33 bits per heavy atom. The molecule has 0 aromatic carbocycles. The van der Waals surface area contributed by atoms with E-state index >= 15 is 0 Å². The van der Waals surface area contributed by atoms with E-state index in [2.05, 4.69) is 56.7 Å². The minimum atomic E-state index is 0.176. The van der Waals surface area contributed by atoms with Crippen molar-refractivity contribution in [1.82, 2.24) is 15.1 Å². The zero-order valence-corrected chi connectivity index (χ0v) is 14.9. The maximum atomic E-state index is 4.88. The fourth-order valence-corrected chi connectivity index (χ4v) is 3.12. The van der Waals surface area contributed by atoms with Gasteiger partial charge in [0.15, 0.2) is 5.96 Å². The van der Waals surface area contributed by atoms with E-state index in [1.54, 1.807) is 0 Å². The van der Waals surface area contributed by atoms with Crippen LogP contribution in [0.2, 0.25) is 0 Å². The topological polar surface area (TPSA) is 30.9 Å². The highest BCUT2D eigenvalue weighted by molar-refractivity contribution is 5.82. The van der Waals surface area contributed by atoms with Crippen molar-refractivity contribution in [2.75, 3.05) is 32.7 Å². The van der Waals surface area contributed by atoms with E-state index < -0.39 is 0 Å². The van der Waals surface area contributed by atoms with Crippen molar-refractivity contribution < 1.29 is 0 Å². The molecule has 1 aliphatic carbocycles. The summed E-state index contributed by atoms with van der Waals surface area (Å²) in [6.45, 7) is 18.9. The smallest absolute Gasteiger partial charge is 0.194 e. The molecule has 2 rings (SSSR count). The van der Waals surface area contributed by atoms with Crippen LogP contribution in [0.25, 0.3) is 0 Å². The van der Waals surface area contributed by atoms with Gasteiger partial charge in [-0.3, -0.25) is 9.89 Å². The molecule has 0 radical (unpaired) electrons. The Labute approximate surface area is 131 Å². The number of nitrogens with zero attached hydrogens (tertiary/aromatic N) is 3. The van der Waals surface area contributed by atoms with Gasteiger partial charge in [-0.25, -0.2) is 0 Å². The Morgan fingerprint density at radius 2 is 1.90 bits per heavy atom. The second-order valence-corrected chi connectivity index (χ2v) is 7.62. The third-order valence-electron chi connectivity index (χ3n) is 5.59. The van der Waals surface area contributed by atoms with E-state index in [1.807, 2.05) is 0 Å². The third kappa shape index (κ3) is 3.36. The summed E-state index contributed by atoms with van der Waals surface area (Å²) in [4.78, 5) is 9.89. The average Bonchev–Trinajstić information content (AvgIpc) is 3.24. The first-order chi connectivity index (χ1) is 9.83. The molecule has 0 aromatic rings. The molecule has 122 valence electrons. The minimum Gasteiger partial charge on any atom is -0.356 e. The van der Waals surface area contributed by atoms with Crippen molar-refractivity contribution >= 4 is 5.96 Å². The zero-order valence-electron chi connectivity index (χ0n) is 14.9. The van der Waals surface area contributed by atoms with Gasteiger partial charge in [-0.2, -0.15) is 0 Å². The van der Waals surface area contributed by atoms with Crippen LogP contribution in [0, 0.1) is 5.41 Å². The zero-order chi connectivity index (χ0) is 15.7. The van der Waals surface area contributed by atoms with Crippen LogP contribution in [0.3, 0.4) is 0 Å². The summed E-state index contributed by atoms with van der Waals surface area (Å²) in [5, 5.41) is 3.47. The number of aliphatic imine (C=N–C) groups is 1. The van der Waals surface area contributed by atoms with Crippen molar-refractivity contribution in [3.63, 3.8) is 0 Å². The molecule has 1 heterocycles. The normalized spacial score (nSPS) is 24.1. The Kier molecular flexibility index (Phi) is 4.86. The van der Waals surface area contributed by atoms with Gasteiger partial charge in [0.2, 0.25) is 0 Å². The average molecular weight is 294 g/mol. The summed E-state index contributed by atoms with van der Waals surface area (Å²) in [6.07, 6.45) is 2.76. The quantitative estimate of drug-likeness (QED) is 0.603. The van der Waals surface area contributed by atoms with Crippen LogP contribution >= 0.6 is 0 Å². The second kappa shape index (κ2) is 6.15. The molecule has 1 saturated heterocycles. The molecule has 0 spiro atoms. The minimum absolute atomic E-state index is 0.176. The van der Waals surface area contributed by atoms with E-state index in [1.165, 1.54) is 12.8 Å². The van der Waals surface area contributed by atoms with E-state index in [0.717, 1.165) is 44.7 Å². The molecule has 2 fully saturated rings. The Bertz CT molecular complexity index is 382. The molecule has 21 heavy (non-hydrogen) atoms. The largest absolute Gasteiger partial charge is 0.356 e. The number of hydrogen-bond donors (Lipinski definition) is 1. The van der Waals surface area contributed by atoms with Gasteiger partial charge in [-0.1, -0.05) is 20.8 Å². The van der Waals surface area contributed by atoms with E-state index in [-0.39, 0.29) is 5.54 Å². The summed E-state index contributed by atoms with van der Waals surface area (Å²) in [7, 11) is 0. The summed E-state index contributed by atoms with van der Waals surface area (Å²) in [5.74, 6) is 1.09. The van der Waals surface area contributed by atoms with E-state index in [9.17, 15) is 0 Å². The van der Waals surface area contributed by atoms with Gasteiger partial charge in [0.05, 0.1) is 6.54 Å². The predicted molar refractivity (Wildman–Crippen MR) is 90.8 cm³/mol. The first-order valence-electron chi connectivity index (χ1n) is 8.63. The fourth-order valence-electron chi connectivity index (χ4n) is 3.12. The summed E-state index contributed by atoms with van der Waals surface area (Å²) in [6, 6.07) is 0.840. The van der Waals surface area contributed by atoms with Crippen molar-refractivity contribution in [3.05, 3.63) is 0 Å². The summed E-state index contributed by atoms with van der Waals surface area (Å²) >= 11 is 0. The molecule has 1 N–H and O–H groups in total. The third-order valence-corrected chi connectivity index (χ3v) is 5.59. The van der Waals surface area contributed by atoms with Gasteiger partial charge in [0.25, 0.3) is 0 Å². The molecule has 0 amide bonds. The lowest BCUT2D eigenvalue weighted by Crippen LogP contribution is -2.72. The SMILES string of the molecule is CCNC(=NCCN(CC)C1CC1)N1CC(C)(C)C1(C)C. The van der Waals surface area contributed by atoms with Crippen LogP contribution in [0.1, 0.15) is 54.4 Å². The molecule has 0 aromatic heterocycles. The van der Waals surface area contributed by atoms with Crippen molar-refractivity contribution in [3.8, 4) is 0 Å². The fraction of sp³-hybridized carbons (Fsp3) is 0.941. The van der Waals surface area contributed by atoms with Gasteiger partial charge >= 0.3 is 0 Å². The summed E-state index contributed by atoms with van der Waals surface area (Å²) in [5.41, 5.74) is 0.529. The number of nitrogens with one attached hydrogen (secondary N) is 1. The Hall–Kier alpha value is -0.770. The highest BCUT2D eigenvalue weighted by Gasteiger charge is 2.53. The van der Waals surface area contributed by atoms with E-state index in [0.29, 0.717) is 5.41 Å². The maximum absolute atomic E-state index is 4.88. The molecular formula is C17H34N4. The van der Waals surface area contributed by atoms with Crippen LogP contribution in [-0.2, 0) is 0 Å². The van der Waals surface area contributed by atoms with Gasteiger partial charge in [-0.15, -0.1) is 0 Å². The van der Waals surface area contributed by atoms with Crippen LogP contribution < -0.4 is 5.32 Å². The Morgan fingerprint density at radius 1 is 1.24 bits per heavy atom. The molecular weight excluding hydrogens is 260 g/mol. The van der Waals surface area contributed by atoms with Crippen LogP contribution in [-0.4, -0.2) is 60.1 Å². The first kappa shape index (κ1) is 16.6. The molecule has 0 unspecified atom stereocenters. The number of likely N-dealkylation sites (N-methyl/N-ethyl adjacent to an activating group) is 1. The van der Waals surface area contributed by atoms with Crippen LogP contribution in [0.5, 0.6) is 0 Å². The number of hydrogen-bond acceptors (Lipinski definition) is 2. The highest BCUT2D eigenvalue weighted by atomic mass is 15.4. The molecule has 4 heteroatoms. The standard InChI is InChI=1S/C17H34N4/c1-7-18-15(21-13-16(3,4)17(21,5)6)19-11-12-20(8-2)14-9-10-14/h14H,7-13H2,1-6H3,(H,18,19). The number of rotatable bonds is 6. The first-order valence-corrected chi connectivity index (χ1v) is 8.63. The monoisotopic (exact) mass is 294 g/mol. The molecule has 4 nitrogen and oxygen atoms in total. The van der Waals surface area contributed by atoms with Crippen LogP contribution in [0.4, 0.5) is 0 Å². The van der Waals surface area contributed by atoms with Crippen molar-refractivity contribution in [1.29, 1.82) is 0 Å². The summed E-state index contributed by atoms with van der Waals surface area (Å²) < 4.78 is 0. The van der Waals surface area contributed by atoms with Gasteiger partial charge in [0.1, 0.15) is 0 Å². The molecule has 2 aliphatic rings. The molecule has 0 atom stereocenters. The second-order valence-electron chi connectivity index (χ2n) is 7.62. The van der Waals surface area contributed by atoms with E-state index in [4.69, 9.17) is 4.99 Å². The van der Waals surface area contributed by atoms with Gasteiger partial charge in [-0.05, 0) is 40.2 Å². The maximum Gasteiger partial charge on any atom is 0.194 e. The lowest BCUT2D eigenvalue weighted by molar-refractivity contribution is -0.0667. The van der Waals surface area contributed by atoms with Crippen LogP contribution in [0.15, 0.2) is 4.99 Å². The Balaban J connectivity index is 1.94. The number of guanidine groups is 1. The molecule has 1 saturated carbocycles. The number of likely N-dealkylation sites (tertiary alicyclic amines) is 1. The van der Waals surface area contributed by atoms with Crippen molar-refractivity contribution in [2.45, 2.75) is 66.0 Å². The van der Waals surface area contributed by atoms with Gasteiger partial charge < -0.3 is 10.2 Å². The van der Waals surface area contributed by atoms with Crippen molar-refractivity contribution in [2.24, 2.45) is 10.4 Å². The lowest BCUT2D eigenvalue weighted by atomic mass is 9.65. The predicted octanol–water partition coefficient (Wildman–Crippen LogP) is 2.56. The molecule has 1 aliphatic heterocycles.